The van der Waals surface area contributed by atoms with Crippen molar-refractivity contribution in [3.05, 3.63) is 41.7 Å². The average Bonchev–Trinajstić information content (AvgIpc) is 2.44. The van der Waals surface area contributed by atoms with E-state index in [2.05, 4.69) is 20.6 Å². The largest absolute Gasteiger partial charge is 0.377 e. The van der Waals surface area contributed by atoms with Crippen molar-refractivity contribution in [3.63, 3.8) is 0 Å². The van der Waals surface area contributed by atoms with E-state index in [4.69, 9.17) is 4.74 Å². The monoisotopic (exact) mass is 280 g/mol. The number of hydrogen-bond donors (Lipinski definition) is 2. The zero-order valence-corrected chi connectivity index (χ0v) is 11.1. The lowest BCUT2D eigenvalue weighted by Gasteiger charge is -2.10. The van der Waals surface area contributed by atoms with Crippen LogP contribution in [-0.4, -0.2) is 24.1 Å². The molecule has 2 rings (SSSR count). The molecule has 1 aromatic carbocycles. The van der Waals surface area contributed by atoms with Gasteiger partial charge in [-0.05, 0) is 12.1 Å². The topological polar surface area (TPSA) is 59.1 Å². The molecule has 106 valence electrons. The van der Waals surface area contributed by atoms with Gasteiger partial charge in [0.25, 0.3) is 0 Å². The highest BCUT2D eigenvalue weighted by Gasteiger charge is 2.10. The first kappa shape index (κ1) is 14.1. The molecule has 0 saturated carbocycles. The summed E-state index contributed by atoms with van der Waals surface area (Å²) >= 11 is 0. The minimum absolute atomic E-state index is 0.00844. The van der Waals surface area contributed by atoms with Crippen LogP contribution in [0.5, 0.6) is 0 Å². The standard InChI is InChI=1S/C13H14F2N4O/c1-16-10-6-11(19-12(18-10)7-20-2)17-9-5-3-4-8(14)13(9)15/h3-6H,7H2,1-2H3,(H2,16,17,18,19). The number of methoxy groups -OCH3 is 1. The fraction of sp³-hybridized carbons (Fsp3) is 0.231. The van der Waals surface area contributed by atoms with Crippen LogP contribution in [0.3, 0.4) is 0 Å². The highest BCUT2D eigenvalue weighted by molar-refractivity contribution is 5.59. The molecule has 0 bridgehead atoms. The van der Waals surface area contributed by atoms with E-state index in [1.807, 2.05) is 0 Å². The first-order valence-electron chi connectivity index (χ1n) is 5.89. The number of halogens is 2. The Balaban J connectivity index is 2.32. The van der Waals surface area contributed by atoms with Crippen LogP contribution in [0, 0.1) is 11.6 Å². The van der Waals surface area contributed by atoms with E-state index in [9.17, 15) is 8.78 Å². The van der Waals surface area contributed by atoms with Crippen molar-refractivity contribution in [2.24, 2.45) is 0 Å². The number of nitrogens with one attached hydrogen (secondary N) is 2. The molecule has 0 fully saturated rings. The fourth-order valence-electron chi connectivity index (χ4n) is 1.62. The Hall–Kier alpha value is -2.28. The molecule has 0 radical (unpaired) electrons. The third-order valence-electron chi connectivity index (χ3n) is 2.52. The maximum absolute atomic E-state index is 13.6. The van der Waals surface area contributed by atoms with Crippen LogP contribution in [0.15, 0.2) is 24.3 Å². The van der Waals surface area contributed by atoms with Crippen LogP contribution in [0.2, 0.25) is 0 Å². The van der Waals surface area contributed by atoms with Crippen LogP contribution in [0.25, 0.3) is 0 Å². The Morgan fingerprint density at radius 2 is 1.95 bits per heavy atom. The number of aromatic nitrogens is 2. The van der Waals surface area contributed by atoms with E-state index in [0.29, 0.717) is 17.5 Å². The Kier molecular flexibility index (Phi) is 4.41. The van der Waals surface area contributed by atoms with Crippen LogP contribution >= 0.6 is 0 Å². The van der Waals surface area contributed by atoms with Gasteiger partial charge >= 0.3 is 0 Å². The molecule has 0 aliphatic rings. The number of benzene rings is 1. The molecule has 1 heterocycles. The minimum atomic E-state index is -0.953. The number of hydrogen-bond acceptors (Lipinski definition) is 5. The quantitative estimate of drug-likeness (QED) is 0.881. The first-order chi connectivity index (χ1) is 9.63. The van der Waals surface area contributed by atoms with Gasteiger partial charge in [0.2, 0.25) is 0 Å². The summed E-state index contributed by atoms with van der Waals surface area (Å²) in [6.45, 7) is 0.218. The molecule has 0 atom stereocenters. The highest BCUT2D eigenvalue weighted by atomic mass is 19.2. The lowest BCUT2D eigenvalue weighted by molar-refractivity contribution is 0.178. The van der Waals surface area contributed by atoms with Gasteiger partial charge in [-0.3, -0.25) is 0 Å². The van der Waals surface area contributed by atoms with Gasteiger partial charge in [-0.2, -0.15) is 0 Å². The molecule has 20 heavy (non-hydrogen) atoms. The molecule has 1 aromatic heterocycles. The number of ether oxygens (including phenoxy) is 1. The predicted octanol–water partition coefficient (Wildman–Crippen LogP) is 2.69. The van der Waals surface area contributed by atoms with Crippen LogP contribution in [0.4, 0.5) is 26.1 Å². The molecule has 0 aliphatic heterocycles. The summed E-state index contributed by atoms with van der Waals surface area (Å²) in [4.78, 5) is 8.33. The van der Waals surface area contributed by atoms with Gasteiger partial charge in [0.1, 0.15) is 18.2 Å². The molecule has 7 heteroatoms. The smallest absolute Gasteiger partial charge is 0.182 e. The average molecular weight is 280 g/mol. The van der Waals surface area contributed by atoms with Crippen molar-refractivity contribution in [1.29, 1.82) is 0 Å². The highest BCUT2D eigenvalue weighted by Crippen LogP contribution is 2.22. The van der Waals surface area contributed by atoms with Gasteiger partial charge < -0.3 is 15.4 Å². The van der Waals surface area contributed by atoms with Gasteiger partial charge in [0, 0.05) is 20.2 Å². The summed E-state index contributed by atoms with van der Waals surface area (Å²) in [6, 6.07) is 5.48. The maximum Gasteiger partial charge on any atom is 0.182 e. The van der Waals surface area contributed by atoms with Crippen LogP contribution in [-0.2, 0) is 11.3 Å². The van der Waals surface area contributed by atoms with Crippen molar-refractivity contribution in [3.8, 4) is 0 Å². The van der Waals surface area contributed by atoms with Crippen molar-refractivity contribution in [2.75, 3.05) is 24.8 Å². The van der Waals surface area contributed by atoms with Crippen molar-refractivity contribution < 1.29 is 13.5 Å². The molecule has 2 N–H and O–H groups in total. The zero-order valence-electron chi connectivity index (χ0n) is 11.1. The van der Waals surface area contributed by atoms with Crippen molar-refractivity contribution in [1.82, 2.24) is 9.97 Å². The van der Waals surface area contributed by atoms with Gasteiger partial charge in [0.15, 0.2) is 17.5 Å². The van der Waals surface area contributed by atoms with Crippen LogP contribution < -0.4 is 10.6 Å². The molecular formula is C13H14F2N4O. The van der Waals surface area contributed by atoms with E-state index < -0.39 is 11.6 Å². The second-order valence-corrected chi connectivity index (χ2v) is 3.96. The summed E-state index contributed by atoms with van der Waals surface area (Å²) < 4.78 is 31.7. The molecule has 0 amide bonds. The van der Waals surface area contributed by atoms with Gasteiger partial charge in [-0.15, -0.1) is 0 Å². The van der Waals surface area contributed by atoms with Crippen molar-refractivity contribution >= 4 is 17.3 Å². The summed E-state index contributed by atoms with van der Waals surface area (Å²) in [5.41, 5.74) is 0.00844. The van der Waals surface area contributed by atoms with Gasteiger partial charge in [0.05, 0.1) is 5.69 Å². The fourth-order valence-corrected chi connectivity index (χ4v) is 1.62. The molecule has 0 unspecified atom stereocenters. The number of rotatable bonds is 5. The van der Waals surface area contributed by atoms with E-state index in [0.717, 1.165) is 6.07 Å². The summed E-state index contributed by atoms with van der Waals surface area (Å²) in [5, 5.41) is 5.59. The molecule has 2 aromatic rings. The molecular weight excluding hydrogens is 266 g/mol. The summed E-state index contributed by atoms with van der Waals surface area (Å²) in [5.74, 6) is -0.550. The van der Waals surface area contributed by atoms with E-state index >= 15 is 0 Å². The lowest BCUT2D eigenvalue weighted by Crippen LogP contribution is -2.05. The molecule has 0 spiro atoms. The zero-order chi connectivity index (χ0) is 14.5. The summed E-state index contributed by atoms with van der Waals surface area (Å²) in [7, 11) is 3.22. The SMILES string of the molecule is CNc1cc(Nc2cccc(F)c2F)nc(COC)n1. The number of anilines is 3. The number of nitrogens with zero attached hydrogens (tertiary/aromatic N) is 2. The predicted molar refractivity (Wildman–Crippen MR) is 71.9 cm³/mol. The Labute approximate surface area is 115 Å². The second kappa shape index (κ2) is 6.25. The van der Waals surface area contributed by atoms with Crippen LogP contribution in [0.1, 0.15) is 5.82 Å². The molecule has 0 aliphatic carbocycles. The second-order valence-electron chi connectivity index (χ2n) is 3.96. The third kappa shape index (κ3) is 3.18. The Morgan fingerprint density at radius 1 is 1.20 bits per heavy atom. The minimum Gasteiger partial charge on any atom is -0.377 e. The lowest BCUT2D eigenvalue weighted by atomic mass is 10.3. The maximum atomic E-state index is 13.6. The van der Waals surface area contributed by atoms with E-state index in [1.165, 1.54) is 19.2 Å². The van der Waals surface area contributed by atoms with Gasteiger partial charge in [-0.1, -0.05) is 6.07 Å². The first-order valence-corrected chi connectivity index (χ1v) is 5.89. The van der Waals surface area contributed by atoms with E-state index in [1.54, 1.807) is 13.1 Å². The Bertz CT molecular complexity index is 607. The van der Waals surface area contributed by atoms with Gasteiger partial charge in [-0.25, -0.2) is 18.7 Å². The normalized spacial score (nSPS) is 10.4. The van der Waals surface area contributed by atoms with E-state index in [-0.39, 0.29) is 12.3 Å². The third-order valence-corrected chi connectivity index (χ3v) is 2.52. The Morgan fingerprint density at radius 3 is 2.65 bits per heavy atom. The molecule has 0 saturated heterocycles. The summed E-state index contributed by atoms with van der Waals surface area (Å²) in [6.07, 6.45) is 0. The van der Waals surface area contributed by atoms with Crippen molar-refractivity contribution in [2.45, 2.75) is 6.61 Å². The molecule has 5 nitrogen and oxygen atoms in total.